The Morgan fingerprint density at radius 1 is 1.29 bits per heavy atom. The highest BCUT2D eigenvalue weighted by molar-refractivity contribution is 7.12. The van der Waals surface area contributed by atoms with Crippen molar-refractivity contribution in [2.24, 2.45) is 0 Å². The number of halogens is 1. The van der Waals surface area contributed by atoms with Crippen LogP contribution in [0.25, 0.3) is 16.8 Å². The van der Waals surface area contributed by atoms with Gasteiger partial charge < -0.3 is 5.32 Å². The van der Waals surface area contributed by atoms with E-state index in [1.54, 1.807) is 29.7 Å². The second kappa shape index (κ2) is 5.61. The molecule has 3 heterocycles. The molecule has 6 heteroatoms. The second-order valence-corrected chi connectivity index (χ2v) is 6.99. The van der Waals surface area contributed by atoms with E-state index in [1.165, 1.54) is 0 Å². The normalized spacial score (nSPS) is 15.0. The molecule has 1 aromatic carbocycles. The number of nitrogens with zero attached hydrogens (tertiary/aromatic N) is 2. The van der Waals surface area contributed by atoms with Crippen molar-refractivity contribution < 1.29 is 4.79 Å². The van der Waals surface area contributed by atoms with Gasteiger partial charge in [0.1, 0.15) is 0 Å². The summed E-state index contributed by atoms with van der Waals surface area (Å²) in [6.45, 7) is 4.08. The predicted octanol–water partition coefficient (Wildman–Crippen LogP) is 4.70. The van der Waals surface area contributed by atoms with Crippen LogP contribution in [-0.4, -0.2) is 15.5 Å². The van der Waals surface area contributed by atoms with Gasteiger partial charge in [0.05, 0.1) is 5.69 Å². The lowest BCUT2D eigenvalue weighted by molar-refractivity contribution is -0.110. The van der Waals surface area contributed by atoms with Crippen LogP contribution in [0.3, 0.4) is 0 Å². The van der Waals surface area contributed by atoms with E-state index in [9.17, 15) is 4.79 Å². The van der Waals surface area contributed by atoms with Crippen LogP contribution in [0, 0.1) is 13.8 Å². The van der Waals surface area contributed by atoms with E-state index in [0.717, 1.165) is 33.3 Å². The summed E-state index contributed by atoms with van der Waals surface area (Å²) in [5.41, 5.74) is 5.45. The quantitative estimate of drug-likeness (QED) is 0.677. The highest BCUT2D eigenvalue weighted by Gasteiger charge is 2.25. The minimum atomic E-state index is -0.105. The lowest BCUT2D eigenvalue weighted by Gasteiger charge is -2.04. The van der Waals surface area contributed by atoms with Crippen molar-refractivity contribution in [3.63, 3.8) is 0 Å². The number of aromatic nitrogens is 2. The second-order valence-electron chi connectivity index (χ2n) is 5.68. The fraction of sp³-hybridized carbons (Fsp3) is 0.111. The number of benzene rings is 1. The Morgan fingerprint density at radius 3 is 2.88 bits per heavy atom. The lowest BCUT2D eigenvalue weighted by atomic mass is 10.0. The molecule has 4 rings (SSSR count). The van der Waals surface area contributed by atoms with E-state index in [4.69, 9.17) is 11.6 Å². The summed E-state index contributed by atoms with van der Waals surface area (Å²) >= 11 is 7.59. The number of hydrogen-bond donors (Lipinski definition) is 1. The van der Waals surface area contributed by atoms with Crippen molar-refractivity contribution in [2.45, 2.75) is 13.8 Å². The van der Waals surface area contributed by atoms with E-state index in [2.05, 4.69) is 20.9 Å². The summed E-state index contributed by atoms with van der Waals surface area (Å²) in [6, 6.07) is 7.52. The standard InChI is InChI=1S/C18H14ClN3OS/c1-10-7-12(11(2)22(10)18-20-5-6-24-18)8-15-14-4-3-13(19)9-16(14)21-17(15)23/h3-9H,1-2H3,(H,21,23). The first-order valence-electron chi connectivity index (χ1n) is 7.46. The molecule has 1 amide bonds. The van der Waals surface area contributed by atoms with Gasteiger partial charge in [-0.2, -0.15) is 0 Å². The number of rotatable bonds is 2. The van der Waals surface area contributed by atoms with Gasteiger partial charge in [-0.15, -0.1) is 11.3 Å². The van der Waals surface area contributed by atoms with Crippen LogP contribution in [-0.2, 0) is 4.79 Å². The van der Waals surface area contributed by atoms with Gasteiger partial charge in [-0.3, -0.25) is 9.36 Å². The molecule has 0 spiro atoms. The van der Waals surface area contributed by atoms with E-state index in [0.29, 0.717) is 10.6 Å². The molecule has 24 heavy (non-hydrogen) atoms. The van der Waals surface area contributed by atoms with Crippen molar-refractivity contribution in [1.82, 2.24) is 9.55 Å². The van der Waals surface area contributed by atoms with Crippen LogP contribution >= 0.6 is 22.9 Å². The smallest absolute Gasteiger partial charge is 0.256 e. The Balaban J connectivity index is 1.83. The van der Waals surface area contributed by atoms with Gasteiger partial charge in [0.25, 0.3) is 5.91 Å². The van der Waals surface area contributed by atoms with Crippen molar-refractivity contribution in [3.05, 3.63) is 63.4 Å². The maximum Gasteiger partial charge on any atom is 0.256 e. The molecule has 0 bridgehead atoms. The van der Waals surface area contributed by atoms with Crippen LogP contribution in [0.15, 0.2) is 35.8 Å². The van der Waals surface area contributed by atoms with Gasteiger partial charge in [0.2, 0.25) is 0 Å². The number of fused-ring (bicyclic) bond motifs is 1. The van der Waals surface area contributed by atoms with Crippen molar-refractivity contribution in [1.29, 1.82) is 0 Å². The third kappa shape index (κ3) is 2.37. The zero-order valence-electron chi connectivity index (χ0n) is 13.1. The predicted molar refractivity (Wildman–Crippen MR) is 98.9 cm³/mol. The maximum absolute atomic E-state index is 12.3. The minimum absolute atomic E-state index is 0.105. The zero-order valence-corrected chi connectivity index (χ0v) is 14.7. The third-order valence-electron chi connectivity index (χ3n) is 4.15. The molecule has 0 atom stereocenters. The van der Waals surface area contributed by atoms with Gasteiger partial charge >= 0.3 is 0 Å². The van der Waals surface area contributed by atoms with Crippen molar-refractivity contribution in [3.8, 4) is 5.13 Å². The molecule has 4 nitrogen and oxygen atoms in total. The average molecular weight is 356 g/mol. The van der Waals surface area contributed by atoms with E-state index >= 15 is 0 Å². The molecular weight excluding hydrogens is 342 g/mol. The number of amides is 1. The molecule has 1 aliphatic rings. The van der Waals surface area contributed by atoms with Gasteiger partial charge in [0.15, 0.2) is 5.13 Å². The molecule has 0 saturated heterocycles. The van der Waals surface area contributed by atoms with Crippen LogP contribution < -0.4 is 5.32 Å². The molecule has 120 valence electrons. The highest BCUT2D eigenvalue weighted by atomic mass is 35.5. The summed E-state index contributed by atoms with van der Waals surface area (Å²) in [6.07, 6.45) is 3.73. The molecule has 3 aromatic rings. The SMILES string of the molecule is Cc1cc(C=C2C(=O)Nc3cc(Cl)ccc32)c(C)n1-c1nccs1. The van der Waals surface area contributed by atoms with E-state index < -0.39 is 0 Å². The Morgan fingerprint density at radius 2 is 2.12 bits per heavy atom. The molecule has 1 N–H and O–H groups in total. The van der Waals surface area contributed by atoms with Crippen LogP contribution in [0.5, 0.6) is 0 Å². The van der Waals surface area contributed by atoms with Crippen molar-refractivity contribution in [2.75, 3.05) is 5.32 Å². The molecule has 2 aromatic heterocycles. The molecular formula is C18H14ClN3OS. The third-order valence-corrected chi connectivity index (χ3v) is 5.14. The lowest BCUT2D eigenvalue weighted by Crippen LogP contribution is -2.03. The first kappa shape index (κ1) is 15.2. The van der Waals surface area contributed by atoms with Crippen LogP contribution in [0.1, 0.15) is 22.5 Å². The Kier molecular flexibility index (Phi) is 3.55. The van der Waals surface area contributed by atoms with E-state index in [-0.39, 0.29) is 5.91 Å². The van der Waals surface area contributed by atoms with E-state index in [1.807, 2.05) is 31.4 Å². The first-order chi connectivity index (χ1) is 11.5. The molecule has 0 saturated carbocycles. The number of nitrogens with one attached hydrogen (secondary N) is 1. The van der Waals surface area contributed by atoms with Crippen LogP contribution in [0.4, 0.5) is 5.69 Å². The summed E-state index contributed by atoms with van der Waals surface area (Å²) in [5.74, 6) is -0.105. The largest absolute Gasteiger partial charge is 0.321 e. The molecule has 0 fully saturated rings. The fourth-order valence-electron chi connectivity index (χ4n) is 3.02. The average Bonchev–Trinajstić information content (AvgIpc) is 3.21. The molecule has 0 aliphatic carbocycles. The van der Waals surface area contributed by atoms with Gasteiger partial charge in [-0.1, -0.05) is 17.7 Å². The highest BCUT2D eigenvalue weighted by Crippen LogP contribution is 2.36. The summed E-state index contributed by atoms with van der Waals surface area (Å²) in [4.78, 5) is 16.7. The van der Waals surface area contributed by atoms with Gasteiger partial charge in [0, 0.05) is 39.1 Å². The topological polar surface area (TPSA) is 46.9 Å². The summed E-state index contributed by atoms with van der Waals surface area (Å²) in [7, 11) is 0. The fourth-order valence-corrected chi connectivity index (χ4v) is 3.94. The number of carbonyl (C=O) groups is 1. The number of thiazole rings is 1. The van der Waals surface area contributed by atoms with Gasteiger partial charge in [-0.25, -0.2) is 4.98 Å². The number of aryl methyl sites for hydroxylation is 1. The molecule has 0 radical (unpaired) electrons. The van der Waals surface area contributed by atoms with Crippen LogP contribution in [0.2, 0.25) is 5.02 Å². The Labute approximate surface area is 148 Å². The number of anilines is 1. The number of hydrogen-bond acceptors (Lipinski definition) is 3. The Hall–Kier alpha value is -2.37. The summed E-state index contributed by atoms with van der Waals surface area (Å²) in [5, 5.41) is 6.36. The monoisotopic (exact) mass is 355 g/mol. The van der Waals surface area contributed by atoms with Gasteiger partial charge in [-0.05, 0) is 43.7 Å². The minimum Gasteiger partial charge on any atom is -0.321 e. The zero-order chi connectivity index (χ0) is 16.8. The van der Waals surface area contributed by atoms with Crippen molar-refractivity contribution >= 4 is 46.2 Å². The summed E-state index contributed by atoms with van der Waals surface area (Å²) < 4.78 is 2.10. The Bertz CT molecular complexity index is 986. The number of carbonyl (C=O) groups excluding carboxylic acids is 1. The maximum atomic E-state index is 12.3. The molecule has 1 aliphatic heterocycles. The first-order valence-corrected chi connectivity index (χ1v) is 8.72. The molecule has 0 unspecified atom stereocenters.